The lowest BCUT2D eigenvalue weighted by Gasteiger charge is -2.28. The third-order valence-corrected chi connectivity index (χ3v) is 4.49. The van der Waals surface area contributed by atoms with E-state index in [2.05, 4.69) is 34.5 Å². The summed E-state index contributed by atoms with van der Waals surface area (Å²) in [6, 6.07) is 8.33. The predicted molar refractivity (Wildman–Crippen MR) is 88.9 cm³/mol. The third kappa shape index (κ3) is 4.10. The highest BCUT2D eigenvalue weighted by Gasteiger charge is 2.17. The quantitative estimate of drug-likeness (QED) is 0.849. The Hall–Kier alpha value is -1.81. The molecule has 1 saturated carbocycles. The van der Waals surface area contributed by atoms with Crippen LogP contribution in [-0.4, -0.2) is 38.8 Å². The third-order valence-electron chi connectivity index (χ3n) is 4.49. The first-order valence-electron chi connectivity index (χ1n) is 8.20. The summed E-state index contributed by atoms with van der Waals surface area (Å²) >= 11 is 0. The Labute approximate surface area is 132 Å². The molecule has 1 heterocycles. The Bertz CT molecular complexity index is 514. The second kappa shape index (κ2) is 7.45. The van der Waals surface area contributed by atoms with Gasteiger partial charge in [-0.15, -0.1) is 0 Å². The first-order valence-corrected chi connectivity index (χ1v) is 8.20. The fourth-order valence-corrected chi connectivity index (χ4v) is 2.79. The van der Waals surface area contributed by atoms with Crippen LogP contribution in [0.15, 0.2) is 30.3 Å². The van der Waals surface area contributed by atoms with Gasteiger partial charge < -0.3 is 15.0 Å². The van der Waals surface area contributed by atoms with Crippen LogP contribution in [0.1, 0.15) is 24.8 Å². The summed E-state index contributed by atoms with van der Waals surface area (Å²) in [6.07, 6.45) is 7.33. The van der Waals surface area contributed by atoms with E-state index in [1.54, 1.807) is 6.08 Å². The Morgan fingerprint density at radius 3 is 2.59 bits per heavy atom. The maximum Gasteiger partial charge on any atom is 0.244 e. The predicted octanol–water partition coefficient (Wildman–Crippen LogP) is 2.45. The van der Waals surface area contributed by atoms with Gasteiger partial charge in [0.05, 0.1) is 13.2 Å². The molecule has 4 nitrogen and oxygen atoms in total. The molecular weight excluding hydrogens is 276 g/mol. The second-order valence-electron chi connectivity index (χ2n) is 6.07. The van der Waals surface area contributed by atoms with Gasteiger partial charge in [-0.25, -0.2) is 0 Å². The van der Waals surface area contributed by atoms with Crippen LogP contribution in [0.2, 0.25) is 0 Å². The van der Waals surface area contributed by atoms with Crippen LogP contribution in [0.3, 0.4) is 0 Å². The summed E-state index contributed by atoms with van der Waals surface area (Å²) in [5, 5.41) is 2.97. The molecule has 1 aliphatic heterocycles. The van der Waals surface area contributed by atoms with Gasteiger partial charge in [0.1, 0.15) is 0 Å². The van der Waals surface area contributed by atoms with Crippen molar-refractivity contribution in [3.8, 4) is 0 Å². The monoisotopic (exact) mass is 300 g/mol. The molecule has 0 atom stereocenters. The molecule has 1 saturated heterocycles. The van der Waals surface area contributed by atoms with Crippen molar-refractivity contribution < 1.29 is 9.53 Å². The first-order chi connectivity index (χ1) is 10.8. The van der Waals surface area contributed by atoms with Crippen molar-refractivity contribution in [1.82, 2.24) is 5.32 Å². The van der Waals surface area contributed by atoms with E-state index in [1.807, 2.05) is 6.08 Å². The van der Waals surface area contributed by atoms with Crippen LogP contribution < -0.4 is 10.2 Å². The van der Waals surface area contributed by atoms with Crippen molar-refractivity contribution in [3.05, 3.63) is 35.9 Å². The molecule has 0 spiro atoms. The number of carbonyl (C=O) groups excluding carboxylic acids is 1. The lowest BCUT2D eigenvalue weighted by molar-refractivity contribution is -0.116. The number of hydrogen-bond donors (Lipinski definition) is 1. The van der Waals surface area contributed by atoms with E-state index >= 15 is 0 Å². The highest BCUT2D eigenvalue weighted by molar-refractivity contribution is 5.91. The van der Waals surface area contributed by atoms with Gasteiger partial charge in [0, 0.05) is 31.4 Å². The Kier molecular flexibility index (Phi) is 5.11. The van der Waals surface area contributed by atoms with E-state index in [9.17, 15) is 4.79 Å². The molecule has 2 fully saturated rings. The molecule has 0 radical (unpaired) electrons. The van der Waals surface area contributed by atoms with Gasteiger partial charge >= 0.3 is 0 Å². The number of hydrogen-bond acceptors (Lipinski definition) is 3. The average Bonchev–Trinajstić information content (AvgIpc) is 2.53. The van der Waals surface area contributed by atoms with Crippen LogP contribution in [0.5, 0.6) is 0 Å². The number of amides is 1. The van der Waals surface area contributed by atoms with Gasteiger partial charge in [0.2, 0.25) is 5.91 Å². The minimum absolute atomic E-state index is 0.00385. The molecule has 3 rings (SSSR count). The zero-order chi connectivity index (χ0) is 15.2. The highest BCUT2D eigenvalue weighted by Crippen LogP contribution is 2.25. The zero-order valence-corrected chi connectivity index (χ0v) is 13.0. The lowest BCUT2D eigenvalue weighted by Crippen LogP contribution is -2.36. The van der Waals surface area contributed by atoms with E-state index in [0.717, 1.165) is 38.4 Å². The van der Waals surface area contributed by atoms with Crippen LogP contribution >= 0.6 is 0 Å². The number of nitrogens with zero attached hydrogens (tertiary/aromatic N) is 1. The fraction of sp³-hybridized carbons (Fsp3) is 0.500. The van der Waals surface area contributed by atoms with Gasteiger partial charge in [-0.1, -0.05) is 18.6 Å². The molecule has 118 valence electrons. The summed E-state index contributed by atoms with van der Waals surface area (Å²) in [6.45, 7) is 4.29. The van der Waals surface area contributed by atoms with Gasteiger partial charge in [-0.3, -0.25) is 4.79 Å². The molecule has 2 aliphatic rings. The Balaban J connectivity index is 1.49. The minimum Gasteiger partial charge on any atom is -0.378 e. The number of benzene rings is 1. The van der Waals surface area contributed by atoms with E-state index in [-0.39, 0.29) is 5.91 Å². The Morgan fingerprint density at radius 1 is 1.23 bits per heavy atom. The normalized spacial score (nSPS) is 19.2. The van der Waals surface area contributed by atoms with Crippen LogP contribution in [-0.2, 0) is 9.53 Å². The number of rotatable bonds is 5. The van der Waals surface area contributed by atoms with E-state index in [0.29, 0.717) is 5.92 Å². The molecule has 0 unspecified atom stereocenters. The molecule has 0 aromatic heterocycles. The number of nitrogens with one attached hydrogen (secondary N) is 1. The van der Waals surface area contributed by atoms with Crippen molar-refractivity contribution in [1.29, 1.82) is 0 Å². The molecular formula is C18H24N2O2. The summed E-state index contributed by atoms with van der Waals surface area (Å²) in [7, 11) is 0. The summed E-state index contributed by atoms with van der Waals surface area (Å²) in [4.78, 5) is 14.1. The lowest BCUT2D eigenvalue weighted by atomic mass is 9.85. The summed E-state index contributed by atoms with van der Waals surface area (Å²) in [5.41, 5.74) is 2.27. The second-order valence-corrected chi connectivity index (χ2v) is 6.07. The number of anilines is 1. The van der Waals surface area contributed by atoms with E-state index in [1.165, 1.54) is 24.9 Å². The molecule has 1 amide bonds. The maximum absolute atomic E-state index is 11.8. The van der Waals surface area contributed by atoms with Crippen molar-refractivity contribution in [2.24, 2.45) is 5.92 Å². The largest absolute Gasteiger partial charge is 0.378 e. The molecule has 1 N–H and O–H groups in total. The molecule has 1 aromatic carbocycles. The van der Waals surface area contributed by atoms with Crippen molar-refractivity contribution in [2.75, 3.05) is 37.7 Å². The van der Waals surface area contributed by atoms with Gasteiger partial charge in [-0.2, -0.15) is 0 Å². The van der Waals surface area contributed by atoms with Gasteiger partial charge in [0.15, 0.2) is 0 Å². The summed E-state index contributed by atoms with van der Waals surface area (Å²) < 4.78 is 5.36. The van der Waals surface area contributed by atoms with Gasteiger partial charge in [0.25, 0.3) is 0 Å². The van der Waals surface area contributed by atoms with Crippen molar-refractivity contribution in [2.45, 2.75) is 19.3 Å². The van der Waals surface area contributed by atoms with E-state index in [4.69, 9.17) is 4.74 Å². The average molecular weight is 300 g/mol. The Morgan fingerprint density at radius 2 is 1.95 bits per heavy atom. The molecule has 0 bridgehead atoms. The standard InChI is InChI=1S/C18H24N2O2/c21-18(19-14-16-2-1-3-16)9-6-15-4-7-17(8-5-15)20-10-12-22-13-11-20/h4-9,16H,1-3,10-14H2,(H,19,21)/b9-6+. The minimum atomic E-state index is 0.00385. The van der Waals surface area contributed by atoms with Crippen LogP contribution in [0, 0.1) is 5.92 Å². The topological polar surface area (TPSA) is 41.6 Å². The maximum atomic E-state index is 11.8. The highest BCUT2D eigenvalue weighted by atomic mass is 16.5. The summed E-state index contributed by atoms with van der Waals surface area (Å²) in [5.74, 6) is 0.703. The molecule has 22 heavy (non-hydrogen) atoms. The zero-order valence-electron chi connectivity index (χ0n) is 13.0. The van der Waals surface area contributed by atoms with Gasteiger partial charge in [-0.05, 0) is 42.5 Å². The molecule has 1 aromatic rings. The first kappa shape index (κ1) is 15.1. The van der Waals surface area contributed by atoms with Crippen molar-refractivity contribution >= 4 is 17.7 Å². The SMILES string of the molecule is O=C(/C=C/c1ccc(N2CCOCC2)cc1)NCC1CCC1. The number of morpholine rings is 1. The van der Waals surface area contributed by atoms with Crippen molar-refractivity contribution in [3.63, 3.8) is 0 Å². The molecule has 1 aliphatic carbocycles. The number of ether oxygens (including phenoxy) is 1. The van der Waals surface area contributed by atoms with Crippen LogP contribution in [0.4, 0.5) is 5.69 Å². The number of carbonyl (C=O) groups is 1. The van der Waals surface area contributed by atoms with Crippen LogP contribution in [0.25, 0.3) is 6.08 Å². The smallest absolute Gasteiger partial charge is 0.244 e. The van der Waals surface area contributed by atoms with E-state index < -0.39 is 0 Å². The fourth-order valence-electron chi connectivity index (χ4n) is 2.79. The molecule has 4 heteroatoms.